The largest absolute Gasteiger partial charge is 0.463 e. The molecule has 0 aromatic carbocycles. The molecule has 0 amide bonds. The van der Waals surface area contributed by atoms with Gasteiger partial charge in [0, 0.05) is 13.5 Å². The summed E-state index contributed by atoms with van der Waals surface area (Å²) in [5.74, 6) is -0.131. The SMILES string of the molecule is CCCCCCCCCCCCCCCCCC(=O)OCCOCCOCCOCCOCCOCCOCCOCCOCCOCCOCCOCCOC. The highest BCUT2D eigenvalue weighted by Crippen LogP contribution is 2.14. The van der Waals surface area contributed by atoms with Crippen LogP contribution in [-0.2, 0) is 66.4 Å². The number of carbonyl (C=O) groups excluding carboxylic acids is 1. The van der Waals surface area contributed by atoms with Crippen LogP contribution in [-0.4, -0.2) is 172 Å². The van der Waals surface area contributed by atoms with E-state index in [0.29, 0.717) is 158 Å². The van der Waals surface area contributed by atoms with Gasteiger partial charge in [-0.15, -0.1) is 0 Å². The summed E-state index contributed by atoms with van der Waals surface area (Å²) >= 11 is 0. The monoisotopic (exact) mass is 827 g/mol. The highest BCUT2D eigenvalue weighted by Gasteiger charge is 2.03. The van der Waals surface area contributed by atoms with Gasteiger partial charge in [-0.3, -0.25) is 4.79 Å². The Labute approximate surface area is 347 Å². The van der Waals surface area contributed by atoms with E-state index in [-0.39, 0.29) is 12.6 Å². The zero-order valence-corrected chi connectivity index (χ0v) is 36.5. The molecule has 0 aromatic rings. The van der Waals surface area contributed by atoms with Crippen molar-refractivity contribution >= 4 is 5.97 Å². The van der Waals surface area contributed by atoms with E-state index in [1.165, 1.54) is 83.5 Å². The lowest BCUT2D eigenvalue weighted by Gasteiger charge is -2.09. The van der Waals surface area contributed by atoms with Gasteiger partial charge in [0.15, 0.2) is 0 Å². The van der Waals surface area contributed by atoms with E-state index in [2.05, 4.69) is 6.92 Å². The molecule has 0 unspecified atom stereocenters. The van der Waals surface area contributed by atoms with E-state index < -0.39 is 0 Å². The summed E-state index contributed by atoms with van der Waals surface area (Å²) in [4.78, 5) is 11.9. The van der Waals surface area contributed by atoms with Crippen molar-refractivity contribution in [3.05, 3.63) is 0 Å². The molecule has 0 radical (unpaired) electrons. The summed E-state index contributed by atoms with van der Waals surface area (Å²) in [5.41, 5.74) is 0. The van der Waals surface area contributed by atoms with Crippen LogP contribution in [0.2, 0.25) is 0 Å². The Morgan fingerprint density at radius 3 is 0.737 bits per heavy atom. The minimum absolute atomic E-state index is 0.131. The van der Waals surface area contributed by atoms with Gasteiger partial charge in [-0.1, -0.05) is 96.8 Å². The molecule has 57 heavy (non-hydrogen) atoms. The molecule has 0 N–H and O–H groups in total. The van der Waals surface area contributed by atoms with Crippen molar-refractivity contribution in [1.82, 2.24) is 0 Å². The zero-order chi connectivity index (χ0) is 41.1. The second kappa shape index (κ2) is 53.0. The topological polar surface area (TPSA) is 137 Å². The summed E-state index contributed by atoms with van der Waals surface area (Å²) in [7, 11) is 1.65. The third kappa shape index (κ3) is 53.0. The third-order valence-corrected chi connectivity index (χ3v) is 8.63. The molecule has 0 bridgehead atoms. The van der Waals surface area contributed by atoms with Crippen molar-refractivity contribution in [1.29, 1.82) is 0 Å². The predicted molar refractivity (Wildman–Crippen MR) is 221 cm³/mol. The first-order valence-corrected chi connectivity index (χ1v) is 22.3. The number of carbonyl (C=O) groups is 1. The molecule has 0 saturated heterocycles. The van der Waals surface area contributed by atoms with Crippen LogP contribution in [0.15, 0.2) is 0 Å². The number of rotatable bonds is 52. The summed E-state index contributed by atoms with van der Waals surface area (Å²) in [6.07, 6.45) is 20.2. The van der Waals surface area contributed by atoms with Crippen LogP contribution >= 0.6 is 0 Å². The van der Waals surface area contributed by atoms with Crippen LogP contribution in [0.4, 0.5) is 0 Å². The van der Waals surface area contributed by atoms with Crippen molar-refractivity contribution in [2.24, 2.45) is 0 Å². The first-order valence-electron chi connectivity index (χ1n) is 22.3. The maximum Gasteiger partial charge on any atom is 0.305 e. The molecule has 342 valence electrons. The van der Waals surface area contributed by atoms with Crippen LogP contribution in [0, 0.1) is 0 Å². The van der Waals surface area contributed by atoms with E-state index in [9.17, 15) is 4.79 Å². The van der Waals surface area contributed by atoms with Gasteiger partial charge in [0.2, 0.25) is 0 Å². The molecule has 0 spiro atoms. The van der Waals surface area contributed by atoms with E-state index in [1.807, 2.05) is 0 Å². The average Bonchev–Trinajstić information content (AvgIpc) is 3.22. The van der Waals surface area contributed by atoms with Gasteiger partial charge < -0.3 is 61.6 Å². The van der Waals surface area contributed by atoms with Crippen molar-refractivity contribution in [3.8, 4) is 0 Å². The van der Waals surface area contributed by atoms with E-state index in [4.69, 9.17) is 61.6 Å². The summed E-state index contributed by atoms with van der Waals surface area (Å²) in [6.45, 7) is 14.2. The van der Waals surface area contributed by atoms with Crippen molar-refractivity contribution in [2.75, 3.05) is 166 Å². The van der Waals surface area contributed by atoms with Gasteiger partial charge in [-0.2, -0.15) is 0 Å². The normalized spacial score (nSPS) is 11.5. The van der Waals surface area contributed by atoms with E-state index in [1.54, 1.807) is 7.11 Å². The Bertz CT molecular complexity index is 736. The van der Waals surface area contributed by atoms with Crippen LogP contribution in [0.25, 0.3) is 0 Å². The summed E-state index contributed by atoms with van der Waals surface area (Å²) in [6, 6.07) is 0. The fourth-order valence-electron chi connectivity index (χ4n) is 5.37. The van der Waals surface area contributed by atoms with E-state index in [0.717, 1.165) is 12.8 Å². The first kappa shape index (κ1) is 56.0. The average molecular weight is 827 g/mol. The predicted octanol–water partition coefficient (Wildman–Crippen LogP) is 6.62. The maximum atomic E-state index is 11.9. The van der Waals surface area contributed by atoms with Crippen molar-refractivity contribution < 1.29 is 66.4 Å². The molecule has 0 fully saturated rings. The minimum atomic E-state index is -0.131. The highest BCUT2D eigenvalue weighted by atomic mass is 16.6. The second-order valence-corrected chi connectivity index (χ2v) is 13.6. The van der Waals surface area contributed by atoms with Crippen LogP contribution in [0.1, 0.15) is 110 Å². The lowest BCUT2D eigenvalue weighted by Crippen LogP contribution is -2.15. The molecule has 0 aliphatic heterocycles. The van der Waals surface area contributed by atoms with Gasteiger partial charge >= 0.3 is 5.97 Å². The second-order valence-electron chi connectivity index (χ2n) is 13.6. The molecular formula is C43H86O14. The van der Waals surface area contributed by atoms with Crippen molar-refractivity contribution in [3.63, 3.8) is 0 Å². The van der Waals surface area contributed by atoms with Gasteiger partial charge in [0.05, 0.1) is 152 Å². The fraction of sp³-hybridized carbons (Fsp3) is 0.977. The number of ether oxygens (including phenoxy) is 13. The minimum Gasteiger partial charge on any atom is -0.463 e. The van der Waals surface area contributed by atoms with Gasteiger partial charge in [0.1, 0.15) is 6.61 Å². The van der Waals surface area contributed by atoms with E-state index >= 15 is 0 Å². The summed E-state index contributed by atoms with van der Waals surface area (Å²) in [5, 5.41) is 0. The van der Waals surface area contributed by atoms with Crippen LogP contribution in [0.5, 0.6) is 0 Å². The molecule has 0 aliphatic rings. The Morgan fingerprint density at radius 2 is 0.491 bits per heavy atom. The zero-order valence-electron chi connectivity index (χ0n) is 36.5. The van der Waals surface area contributed by atoms with Gasteiger partial charge in [-0.25, -0.2) is 0 Å². The van der Waals surface area contributed by atoms with Crippen LogP contribution < -0.4 is 0 Å². The molecule has 14 heteroatoms. The smallest absolute Gasteiger partial charge is 0.305 e. The van der Waals surface area contributed by atoms with Crippen molar-refractivity contribution in [2.45, 2.75) is 110 Å². The third-order valence-electron chi connectivity index (χ3n) is 8.63. The Hall–Kier alpha value is -1.01. The first-order chi connectivity index (χ1) is 28.3. The highest BCUT2D eigenvalue weighted by molar-refractivity contribution is 5.69. The fourth-order valence-corrected chi connectivity index (χ4v) is 5.37. The molecule has 0 saturated carbocycles. The lowest BCUT2D eigenvalue weighted by atomic mass is 10.0. The quantitative estimate of drug-likeness (QED) is 0.0480. The molecule has 0 aromatic heterocycles. The Kier molecular flexibility index (Phi) is 52.1. The number of hydrogen-bond acceptors (Lipinski definition) is 14. The molecule has 0 atom stereocenters. The molecule has 0 rings (SSSR count). The molecule has 0 aliphatic carbocycles. The standard InChI is InChI=1S/C43H86O14/c1-3-4-5-6-7-8-9-10-11-12-13-14-15-16-17-18-43(44)57-42-41-56-40-39-55-38-37-54-36-35-53-34-33-52-32-31-51-30-29-50-28-27-49-26-25-48-24-23-47-22-21-46-20-19-45-2/h3-42H2,1-2H3. The molecule has 0 heterocycles. The Morgan fingerprint density at radius 1 is 0.281 bits per heavy atom. The summed E-state index contributed by atoms with van der Waals surface area (Å²) < 4.78 is 70.3. The Balaban J connectivity index is 3.12. The number of unbranched alkanes of at least 4 members (excludes halogenated alkanes) is 14. The molecular weight excluding hydrogens is 740 g/mol. The number of methoxy groups -OCH3 is 1. The number of esters is 1. The maximum absolute atomic E-state index is 11.9. The van der Waals surface area contributed by atoms with Gasteiger partial charge in [-0.05, 0) is 6.42 Å². The molecule has 14 nitrogen and oxygen atoms in total. The number of hydrogen-bond donors (Lipinski definition) is 0. The lowest BCUT2D eigenvalue weighted by molar-refractivity contribution is -0.145. The van der Waals surface area contributed by atoms with Crippen LogP contribution in [0.3, 0.4) is 0 Å². The van der Waals surface area contributed by atoms with Gasteiger partial charge in [0.25, 0.3) is 0 Å².